The Morgan fingerprint density at radius 3 is 2.40 bits per heavy atom. The predicted octanol–water partition coefficient (Wildman–Crippen LogP) is 2.87. The van der Waals surface area contributed by atoms with E-state index in [-0.39, 0.29) is 6.04 Å². The van der Waals surface area contributed by atoms with Gasteiger partial charge in [0.25, 0.3) is 0 Å². The van der Waals surface area contributed by atoms with Crippen LogP contribution in [0.15, 0.2) is 28.7 Å². The van der Waals surface area contributed by atoms with Gasteiger partial charge in [-0.15, -0.1) is 0 Å². The van der Waals surface area contributed by atoms with E-state index in [2.05, 4.69) is 63.8 Å². The molecule has 0 amide bonds. The Bertz CT molecular complexity index is 414. The normalized spacial score (nSPS) is 20.8. The number of halogens is 1. The molecule has 1 fully saturated rings. The molecule has 1 heterocycles. The first-order chi connectivity index (χ1) is 9.63. The van der Waals surface area contributed by atoms with E-state index in [1.807, 2.05) is 0 Å². The van der Waals surface area contributed by atoms with Crippen LogP contribution in [-0.2, 0) is 0 Å². The quantitative estimate of drug-likeness (QED) is 0.895. The monoisotopic (exact) mass is 339 g/mol. The van der Waals surface area contributed by atoms with E-state index in [1.165, 1.54) is 23.0 Å². The molecule has 1 aliphatic heterocycles. The zero-order valence-corrected chi connectivity index (χ0v) is 14.1. The Kier molecular flexibility index (Phi) is 6.02. The van der Waals surface area contributed by atoms with E-state index in [1.54, 1.807) is 0 Å². The predicted molar refractivity (Wildman–Crippen MR) is 88.8 cm³/mol. The number of hydrogen-bond acceptors (Lipinski definition) is 3. The Labute approximate surface area is 131 Å². The SMILES string of the molecule is CCCN1CCN(C(c2ccccc2Br)C(C)N)CC1. The lowest BCUT2D eigenvalue weighted by atomic mass is 9.98. The molecule has 0 spiro atoms. The van der Waals surface area contributed by atoms with Crippen LogP contribution in [0.2, 0.25) is 0 Å². The standard InChI is InChI=1S/C16H26BrN3/c1-3-8-19-9-11-20(12-10-19)16(13(2)18)14-6-4-5-7-15(14)17/h4-7,13,16H,3,8-12,18H2,1-2H3. The average molecular weight is 340 g/mol. The second kappa shape index (κ2) is 7.55. The van der Waals surface area contributed by atoms with E-state index < -0.39 is 0 Å². The molecular formula is C16H26BrN3. The maximum atomic E-state index is 6.29. The maximum absolute atomic E-state index is 6.29. The van der Waals surface area contributed by atoms with Crippen LogP contribution in [0.4, 0.5) is 0 Å². The fraction of sp³-hybridized carbons (Fsp3) is 0.625. The van der Waals surface area contributed by atoms with Crippen LogP contribution in [0.3, 0.4) is 0 Å². The van der Waals surface area contributed by atoms with Gasteiger partial charge in [0.05, 0.1) is 6.04 Å². The molecule has 3 nitrogen and oxygen atoms in total. The highest BCUT2D eigenvalue weighted by Gasteiger charge is 2.28. The maximum Gasteiger partial charge on any atom is 0.0508 e. The summed E-state index contributed by atoms with van der Waals surface area (Å²) in [5.41, 5.74) is 7.60. The molecule has 112 valence electrons. The van der Waals surface area contributed by atoms with Crippen molar-refractivity contribution in [2.24, 2.45) is 5.73 Å². The number of rotatable bonds is 5. The molecule has 1 aliphatic rings. The third-order valence-corrected chi connectivity index (χ3v) is 4.78. The van der Waals surface area contributed by atoms with E-state index in [0.717, 1.165) is 26.2 Å². The van der Waals surface area contributed by atoms with Gasteiger partial charge in [0.15, 0.2) is 0 Å². The van der Waals surface area contributed by atoms with E-state index in [0.29, 0.717) is 6.04 Å². The number of nitrogens with zero attached hydrogens (tertiary/aromatic N) is 2. The second-order valence-electron chi connectivity index (χ2n) is 5.70. The highest BCUT2D eigenvalue weighted by atomic mass is 79.9. The number of nitrogens with two attached hydrogens (primary N) is 1. The Morgan fingerprint density at radius 1 is 1.20 bits per heavy atom. The fourth-order valence-corrected chi connectivity index (χ4v) is 3.63. The minimum atomic E-state index is 0.131. The van der Waals surface area contributed by atoms with Crippen molar-refractivity contribution in [3.05, 3.63) is 34.3 Å². The molecule has 0 bridgehead atoms. The molecule has 0 aliphatic carbocycles. The van der Waals surface area contributed by atoms with Crippen molar-refractivity contribution < 1.29 is 0 Å². The lowest BCUT2D eigenvalue weighted by Gasteiger charge is -2.41. The third-order valence-electron chi connectivity index (χ3n) is 4.06. The van der Waals surface area contributed by atoms with E-state index in [9.17, 15) is 0 Å². The molecular weight excluding hydrogens is 314 g/mol. The summed E-state index contributed by atoms with van der Waals surface area (Å²) in [6.07, 6.45) is 1.24. The van der Waals surface area contributed by atoms with Gasteiger partial charge < -0.3 is 10.6 Å². The summed E-state index contributed by atoms with van der Waals surface area (Å²) in [7, 11) is 0. The molecule has 20 heavy (non-hydrogen) atoms. The van der Waals surface area contributed by atoms with Crippen molar-refractivity contribution in [1.82, 2.24) is 9.80 Å². The van der Waals surface area contributed by atoms with Gasteiger partial charge in [-0.25, -0.2) is 0 Å². The first kappa shape index (κ1) is 16.0. The smallest absolute Gasteiger partial charge is 0.0508 e. The minimum Gasteiger partial charge on any atom is -0.326 e. The molecule has 0 saturated carbocycles. The van der Waals surface area contributed by atoms with Gasteiger partial charge in [-0.05, 0) is 31.5 Å². The molecule has 1 saturated heterocycles. The van der Waals surface area contributed by atoms with Gasteiger partial charge in [0, 0.05) is 36.7 Å². The first-order valence-electron chi connectivity index (χ1n) is 7.60. The second-order valence-corrected chi connectivity index (χ2v) is 6.56. The molecule has 0 radical (unpaired) electrons. The van der Waals surface area contributed by atoms with Crippen LogP contribution in [0.1, 0.15) is 31.9 Å². The zero-order valence-electron chi connectivity index (χ0n) is 12.6. The van der Waals surface area contributed by atoms with Crippen LogP contribution >= 0.6 is 15.9 Å². The molecule has 2 N–H and O–H groups in total. The summed E-state index contributed by atoms with van der Waals surface area (Å²) in [5.74, 6) is 0. The van der Waals surface area contributed by atoms with Crippen molar-refractivity contribution in [3.8, 4) is 0 Å². The van der Waals surface area contributed by atoms with Gasteiger partial charge in [0.1, 0.15) is 0 Å². The van der Waals surface area contributed by atoms with Crippen molar-refractivity contribution in [3.63, 3.8) is 0 Å². The summed E-state index contributed by atoms with van der Waals surface area (Å²) >= 11 is 3.68. The lowest BCUT2D eigenvalue weighted by molar-refractivity contribution is 0.0866. The van der Waals surface area contributed by atoms with Crippen LogP contribution < -0.4 is 5.73 Å². The number of piperazine rings is 1. The van der Waals surface area contributed by atoms with Crippen LogP contribution in [0.5, 0.6) is 0 Å². The lowest BCUT2D eigenvalue weighted by Crippen LogP contribution is -2.51. The van der Waals surface area contributed by atoms with Crippen molar-refractivity contribution >= 4 is 15.9 Å². The van der Waals surface area contributed by atoms with Crippen LogP contribution in [0, 0.1) is 0 Å². The highest BCUT2D eigenvalue weighted by molar-refractivity contribution is 9.10. The highest BCUT2D eigenvalue weighted by Crippen LogP contribution is 2.30. The van der Waals surface area contributed by atoms with Gasteiger partial charge in [-0.3, -0.25) is 4.90 Å². The molecule has 2 atom stereocenters. The number of benzene rings is 1. The Morgan fingerprint density at radius 2 is 1.85 bits per heavy atom. The molecule has 2 rings (SSSR count). The molecule has 2 unspecified atom stereocenters. The summed E-state index contributed by atoms with van der Waals surface area (Å²) in [4.78, 5) is 5.09. The topological polar surface area (TPSA) is 32.5 Å². The fourth-order valence-electron chi connectivity index (χ4n) is 3.11. The Balaban J connectivity index is 2.09. The summed E-state index contributed by atoms with van der Waals surface area (Å²) in [6, 6.07) is 8.89. The molecule has 1 aromatic rings. The van der Waals surface area contributed by atoms with Crippen molar-refractivity contribution in [2.45, 2.75) is 32.4 Å². The van der Waals surface area contributed by atoms with Gasteiger partial charge in [0.2, 0.25) is 0 Å². The van der Waals surface area contributed by atoms with Crippen molar-refractivity contribution in [2.75, 3.05) is 32.7 Å². The van der Waals surface area contributed by atoms with Crippen LogP contribution in [0.25, 0.3) is 0 Å². The molecule has 1 aromatic carbocycles. The van der Waals surface area contributed by atoms with Gasteiger partial charge in [-0.1, -0.05) is 41.1 Å². The molecule has 0 aromatic heterocycles. The van der Waals surface area contributed by atoms with Gasteiger partial charge in [-0.2, -0.15) is 0 Å². The third kappa shape index (κ3) is 3.82. The van der Waals surface area contributed by atoms with Gasteiger partial charge >= 0.3 is 0 Å². The largest absolute Gasteiger partial charge is 0.326 e. The molecule has 4 heteroatoms. The minimum absolute atomic E-state index is 0.131. The average Bonchev–Trinajstić information content (AvgIpc) is 2.43. The number of hydrogen-bond donors (Lipinski definition) is 1. The Hall–Kier alpha value is -0.420. The van der Waals surface area contributed by atoms with Crippen molar-refractivity contribution in [1.29, 1.82) is 0 Å². The van der Waals surface area contributed by atoms with E-state index in [4.69, 9.17) is 5.73 Å². The summed E-state index contributed by atoms with van der Waals surface area (Å²) < 4.78 is 1.17. The van der Waals surface area contributed by atoms with Crippen LogP contribution in [-0.4, -0.2) is 48.6 Å². The van der Waals surface area contributed by atoms with E-state index >= 15 is 0 Å². The summed E-state index contributed by atoms with van der Waals surface area (Å²) in [5, 5.41) is 0. The first-order valence-corrected chi connectivity index (χ1v) is 8.39. The zero-order chi connectivity index (χ0) is 14.5. The summed E-state index contributed by atoms with van der Waals surface area (Å²) in [6.45, 7) is 10.1.